The summed E-state index contributed by atoms with van der Waals surface area (Å²) in [5.74, 6) is 0.546. The van der Waals surface area contributed by atoms with E-state index in [2.05, 4.69) is 17.5 Å². The van der Waals surface area contributed by atoms with Gasteiger partial charge in [0.2, 0.25) is 0 Å². The number of rotatable bonds is 5. The first kappa shape index (κ1) is 16.0. The highest BCUT2D eigenvalue weighted by molar-refractivity contribution is 5.74. The van der Waals surface area contributed by atoms with Crippen molar-refractivity contribution in [2.75, 3.05) is 13.1 Å². The highest BCUT2D eigenvalue weighted by Crippen LogP contribution is 2.17. The molecule has 0 aliphatic heterocycles. The molecule has 0 spiro atoms. The van der Waals surface area contributed by atoms with Gasteiger partial charge < -0.3 is 15.3 Å². The Morgan fingerprint density at radius 2 is 2.16 bits per heavy atom. The fraction of sp³-hybridized carbons (Fsp3) is 0.800. The van der Waals surface area contributed by atoms with Crippen LogP contribution in [-0.2, 0) is 0 Å². The number of amides is 2. The van der Waals surface area contributed by atoms with Crippen LogP contribution in [0.15, 0.2) is 12.2 Å². The van der Waals surface area contributed by atoms with Gasteiger partial charge >= 0.3 is 6.03 Å². The molecular formula is C15H28N2O2. The summed E-state index contributed by atoms with van der Waals surface area (Å²) < 4.78 is 0. The van der Waals surface area contributed by atoms with Crippen LogP contribution in [0.3, 0.4) is 0 Å². The van der Waals surface area contributed by atoms with Gasteiger partial charge in [-0.25, -0.2) is 4.79 Å². The summed E-state index contributed by atoms with van der Waals surface area (Å²) >= 11 is 0. The molecule has 0 aromatic heterocycles. The lowest BCUT2D eigenvalue weighted by Gasteiger charge is -2.33. The summed E-state index contributed by atoms with van der Waals surface area (Å²) in [7, 11) is 0. The molecule has 4 nitrogen and oxygen atoms in total. The van der Waals surface area contributed by atoms with Crippen LogP contribution in [0.25, 0.3) is 0 Å². The zero-order valence-corrected chi connectivity index (χ0v) is 12.6. The van der Waals surface area contributed by atoms with Crippen molar-refractivity contribution in [1.82, 2.24) is 10.2 Å². The van der Waals surface area contributed by atoms with Gasteiger partial charge in [-0.2, -0.15) is 0 Å². The summed E-state index contributed by atoms with van der Waals surface area (Å²) in [6.07, 6.45) is 7.69. The normalized spacial score (nSPS) is 19.6. The minimum Gasteiger partial charge on any atom is -0.389 e. The maximum atomic E-state index is 12.2. The molecule has 1 aliphatic rings. The minimum absolute atomic E-state index is 0.0771. The topological polar surface area (TPSA) is 52.6 Å². The van der Waals surface area contributed by atoms with Crippen molar-refractivity contribution < 1.29 is 9.90 Å². The van der Waals surface area contributed by atoms with Crippen LogP contribution < -0.4 is 5.32 Å². The fourth-order valence-electron chi connectivity index (χ4n) is 2.28. The Balaban J connectivity index is 2.45. The maximum Gasteiger partial charge on any atom is 0.317 e. The Morgan fingerprint density at radius 3 is 2.63 bits per heavy atom. The van der Waals surface area contributed by atoms with Crippen LogP contribution in [-0.4, -0.2) is 40.8 Å². The summed E-state index contributed by atoms with van der Waals surface area (Å²) in [6.45, 7) is 8.45. The van der Waals surface area contributed by atoms with Crippen molar-refractivity contribution in [3.8, 4) is 0 Å². The van der Waals surface area contributed by atoms with Crippen LogP contribution in [0.4, 0.5) is 4.79 Å². The van der Waals surface area contributed by atoms with Crippen molar-refractivity contribution in [3.63, 3.8) is 0 Å². The zero-order chi connectivity index (χ0) is 14.5. The first-order chi connectivity index (χ1) is 8.79. The number of hydrogen-bond acceptors (Lipinski definition) is 2. The number of urea groups is 1. The molecule has 0 unspecified atom stereocenters. The van der Waals surface area contributed by atoms with Gasteiger partial charge in [0.15, 0.2) is 0 Å². The van der Waals surface area contributed by atoms with E-state index >= 15 is 0 Å². The number of nitrogens with one attached hydrogen (secondary N) is 1. The number of carbonyl (C=O) groups excluding carboxylic acids is 1. The lowest BCUT2D eigenvalue weighted by atomic mass is 9.94. The molecule has 0 heterocycles. The van der Waals surface area contributed by atoms with Crippen LogP contribution in [0.1, 0.15) is 47.0 Å². The second kappa shape index (κ2) is 6.94. The predicted molar refractivity (Wildman–Crippen MR) is 78.0 cm³/mol. The van der Waals surface area contributed by atoms with Gasteiger partial charge in [0.1, 0.15) is 0 Å². The molecule has 0 bridgehead atoms. The van der Waals surface area contributed by atoms with E-state index in [1.54, 1.807) is 18.7 Å². The first-order valence-electron chi connectivity index (χ1n) is 7.21. The van der Waals surface area contributed by atoms with Gasteiger partial charge in [-0.05, 0) is 52.9 Å². The van der Waals surface area contributed by atoms with Gasteiger partial charge in [-0.1, -0.05) is 12.2 Å². The van der Waals surface area contributed by atoms with E-state index in [9.17, 15) is 9.90 Å². The molecule has 0 aromatic rings. The van der Waals surface area contributed by atoms with Crippen molar-refractivity contribution in [3.05, 3.63) is 12.2 Å². The van der Waals surface area contributed by atoms with Gasteiger partial charge in [0.05, 0.1) is 12.1 Å². The number of aliphatic hydroxyl groups is 1. The Hall–Kier alpha value is -1.03. The van der Waals surface area contributed by atoms with Crippen molar-refractivity contribution in [1.29, 1.82) is 0 Å². The van der Waals surface area contributed by atoms with E-state index in [0.29, 0.717) is 12.5 Å². The molecule has 0 fully saturated rings. The van der Waals surface area contributed by atoms with Crippen molar-refractivity contribution >= 4 is 6.03 Å². The molecular weight excluding hydrogens is 240 g/mol. The Morgan fingerprint density at radius 1 is 1.47 bits per heavy atom. The van der Waals surface area contributed by atoms with Gasteiger partial charge in [-0.15, -0.1) is 0 Å². The third kappa shape index (κ3) is 6.10. The van der Waals surface area contributed by atoms with Crippen LogP contribution >= 0.6 is 0 Å². The first-order valence-corrected chi connectivity index (χ1v) is 7.21. The standard InChI is InChI=1S/C15H28N2O2/c1-12(2)17(11-15(3,4)19)14(18)16-10-13-8-6-5-7-9-13/h5-6,12-13,19H,7-11H2,1-4H3,(H,16,18)/t13-/m0/s1. The summed E-state index contributed by atoms with van der Waals surface area (Å²) in [5, 5.41) is 12.9. The summed E-state index contributed by atoms with van der Waals surface area (Å²) in [6, 6.07) is 0.00403. The highest BCUT2D eigenvalue weighted by Gasteiger charge is 2.25. The van der Waals surface area contributed by atoms with E-state index in [1.807, 2.05) is 13.8 Å². The predicted octanol–water partition coefficient (Wildman–Crippen LogP) is 2.53. The fourth-order valence-corrected chi connectivity index (χ4v) is 2.28. The second-order valence-electron chi connectivity index (χ2n) is 6.37. The Kier molecular flexibility index (Phi) is 5.85. The highest BCUT2D eigenvalue weighted by atomic mass is 16.3. The molecule has 2 amide bonds. The quantitative estimate of drug-likeness (QED) is 0.753. The van der Waals surface area contributed by atoms with Gasteiger partial charge in [0, 0.05) is 12.6 Å². The summed E-state index contributed by atoms with van der Waals surface area (Å²) in [4.78, 5) is 13.9. The second-order valence-corrected chi connectivity index (χ2v) is 6.37. The Labute approximate surface area is 116 Å². The van der Waals surface area contributed by atoms with E-state index in [4.69, 9.17) is 0 Å². The molecule has 0 saturated carbocycles. The molecule has 1 rings (SSSR count). The maximum absolute atomic E-state index is 12.2. The van der Waals surface area contributed by atoms with E-state index in [0.717, 1.165) is 25.8 Å². The molecule has 1 aliphatic carbocycles. The molecule has 4 heteroatoms. The smallest absolute Gasteiger partial charge is 0.317 e. The average Bonchev–Trinajstić information content (AvgIpc) is 2.33. The number of nitrogens with zero attached hydrogens (tertiary/aromatic N) is 1. The van der Waals surface area contributed by atoms with Gasteiger partial charge in [0.25, 0.3) is 0 Å². The number of hydrogen-bond donors (Lipinski definition) is 2. The number of carbonyl (C=O) groups is 1. The molecule has 2 N–H and O–H groups in total. The largest absolute Gasteiger partial charge is 0.389 e. The van der Waals surface area contributed by atoms with E-state index < -0.39 is 5.60 Å². The molecule has 19 heavy (non-hydrogen) atoms. The summed E-state index contributed by atoms with van der Waals surface area (Å²) in [5.41, 5.74) is -0.866. The average molecular weight is 268 g/mol. The lowest BCUT2D eigenvalue weighted by molar-refractivity contribution is 0.0386. The van der Waals surface area contributed by atoms with E-state index in [-0.39, 0.29) is 12.1 Å². The Bertz CT molecular complexity index is 319. The van der Waals surface area contributed by atoms with Crippen LogP contribution in [0.2, 0.25) is 0 Å². The zero-order valence-electron chi connectivity index (χ0n) is 12.6. The third-order valence-corrected chi connectivity index (χ3v) is 3.36. The van der Waals surface area contributed by atoms with Crippen molar-refractivity contribution in [2.24, 2.45) is 5.92 Å². The molecule has 0 saturated heterocycles. The number of allylic oxidation sites excluding steroid dienone is 2. The monoisotopic (exact) mass is 268 g/mol. The molecule has 110 valence electrons. The molecule has 1 atom stereocenters. The lowest BCUT2D eigenvalue weighted by Crippen LogP contribution is -2.50. The SMILES string of the molecule is CC(C)N(CC(C)(C)O)C(=O)NC[C@H]1CC=CCC1. The molecule has 0 aromatic carbocycles. The van der Waals surface area contributed by atoms with Gasteiger partial charge in [-0.3, -0.25) is 0 Å². The molecule has 0 radical (unpaired) electrons. The van der Waals surface area contributed by atoms with Crippen LogP contribution in [0.5, 0.6) is 0 Å². The van der Waals surface area contributed by atoms with Crippen molar-refractivity contribution in [2.45, 2.75) is 58.6 Å². The third-order valence-electron chi connectivity index (χ3n) is 3.36. The van der Waals surface area contributed by atoms with E-state index in [1.165, 1.54) is 0 Å². The minimum atomic E-state index is -0.866. The van der Waals surface area contributed by atoms with Crippen LogP contribution in [0, 0.1) is 5.92 Å².